The summed E-state index contributed by atoms with van der Waals surface area (Å²) in [6.07, 6.45) is 10.8. The zero-order chi connectivity index (χ0) is 22.6. The number of anilines is 1. The minimum atomic E-state index is 0.0960. The Bertz CT molecular complexity index is 1220. The molecule has 2 N–H and O–H groups in total. The number of rotatable bonds is 5. The molecule has 2 bridgehead atoms. The van der Waals surface area contributed by atoms with Gasteiger partial charge in [-0.15, -0.1) is 10.2 Å². The van der Waals surface area contributed by atoms with Crippen molar-refractivity contribution < 1.29 is 14.6 Å². The molecule has 3 aliphatic heterocycles. The monoisotopic (exact) mass is 458 g/mol. The molecule has 9 nitrogen and oxygen atoms in total. The second kappa shape index (κ2) is 7.80. The zero-order valence-corrected chi connectivity index (χ0v) is 18.7. The summed E-state index contributed by atoms with van der Waals surface area (Å²) in [5.41, 5.74) is 2.20. The number of aromatic nitrogens is 4. The number of nitrogens with one attached hydrogen (secondary N) is 1. The normalized spacial score (nSPS) is 24.9. The molecule has 1 saturated carbocycles. The number of nitrogens with zero attached hydrogens (tertiary/aromatic N) is 5. The Labute approximate surface area is 197 Å². The highest BCUT2D eigenvalue weighted by atomic mass is 16.7. The summed E-state index contributed by atoms with van der Waals surface area (Å²) in [4.78, 5) is 11.3. The maximum Gasteiger partial charge on any atom is 0.260 e. The highest BCUT2D eigenvalue weighted by molar-refractivity contribution is 5.73. The topological polar surface area (TPSA) is 106 Å². The zero-order valence-electron chi connectivity index (χ0n) is 18.7. The number of phenols is 1. The molecule has 3 aromatic rings. The van der Waals surface area contributed by atoms with E-state index in [1.165, 1.54) is 25.7 Å². The van der Waals surface area contributed by atoms with Crippen molar-refractivity contribution >= 4 is 5.82 Å². The minimum Gasteiger partial charge on any atom is -0.507 e. The van der Waals surface area contributed by atoms with Crippen LogP contribution < -0.4 is 19.7 Å². The van der Waals surface area contributed by atoms with Crippen LogP contribution in [0.25, 0.3) is 22.5 Å². The van der Waals surface area contributed by atoms with Crippen LogP contribution in [0, 0.1) is 0 Å². The van der Waals surface area contributed by atoms with Crippen LogP contribution >= 0.6 is 0 Å². The number of pyridine rings is 1. The number of hydrogen-bond donors (Lipinski definition) is 2. The smallest absolute Gasteiger partial charge is 0.260 e. The Hall–Kier alpha value is -3.46. The van der Waals surface area contributed by atoms with Gasteiger partial charge in [0.25, 0.3) is 5.88 Å². The molecule has 34 heavy (non-hydrogen) atoms. The van der Waals surface area contributed by atoms with E-state index < -0.39 is 0 Å². The van der Waals surface area contributed by atoms with Gasteiger partial charge in [0, 0.05) is 35.9 Å². The van der Waals surface area contributed by atoms with Crippen molar-refractivity contribution in [1.29, 1.82) is 0 Å². The molecule has 0 spiro atoms. The largest absolute Gasteiger partial charge is 0.507 e. The lowest BCUT2D eigenvalue weighted by atomic mass is 9.98. The van der Waals surface area contributed by atoms with Crippen molar-refractivity contribution in [2.75, 3.05) is 11.7 Å². The predicted octanol–water partition coefficient (Wildman–Crippen LogP) is 3.29. The molecule has 7 rings (SSSR count). The molecule has 4 aliphatic rings. The lowest BCUT2D eigenvalue weighted by Crippen LogP contribution is -2.49. The molecule has 0 radical (unpaired) electrons. The summed E-state index contributed by atoms with van der Waals surface area (Å²) in [6, 6.07) is 9.57. The van der Waals surface area contributed by atoms with Crippen LogP contribution in [0.2, 0.25) is 0 Å². The number of hydrogen-bond acceptors (Lipinski definition) is 9. The molecule has 2 aromatic heterocycles. The van der Waals surface area contributed by atoms with E-state index in [-0.39, 0.29) is 12.5 Å². The Morgan fingerprint density at radius 1 is 0.882 bits per heavy atom. The van der Waals surface area contributed by atoms with E-state index in [1.54, 1.807) is 12.3 Å². The number of aromatic hydroxyl groups is 1. The molecule has 3 atom stereocenters. The van der Waals surface area contributed by atoms with Crippen molar-refractivity contribution in [2.24, 2.45) is 0 Å². The van der Waals surface area contributed by atoms with E-state index in [0.717, 1.165) is 29.8 Å². The van der Waals surface area contributed by atoms with Crippen LogP contribution in [0.15, 0.2) is 36.7 Å². The Balaban J connectivity index is 1.14. The van der Waals surface area contributed by atoms with Crippen LogP contribution in [0.5, 0.6) is 17.4 Å². The first-order valence-electron chi connectivity index (χ1n) is 12.0. The second-order valence-corrected chi connectivity index (χ2v) is 9.71. The van der Waals surface area contributed by atoms with Crippen molar-refractivity contribution in [1.82, 2.24) is 25.5 Å². The van der Waals surface area contributed by atoms with Crippen LogP contribution in [-0.2, 0) is 0 Å². The maximum atomic E-state index is 10.7. The molecule has 1 aliphatic carbocycles. The molecule has 3 fully saturated rings. The number of ether oxygens (including phenoxy) is 2. The molecule has 0 amide bonds. The number of fused-ring (bicyclic) bond motifs is 3. The van der Waals surface area contributed by atoms with Crippen LogP contribution in [0.3, 0.4) is 0 Å². The maximum absolute atomic E-state index is 10.7. The molecule has 5 heterocycles. The first-order valence-corrected chi connectivity index (χ1v) is 12.0. The highest BCUT2D eigenvalue weighted by Crippen LogP contribution is 2.39. The molecular weight excluding hydrogens is 432 g/mol. The van der Waals surface area contributed by atoms with Gasteiger partial charge in [0.2, 0.25) is 6.79 Å². The lowest BCUT2D eigenvalue weighted by molar-refractivity contribution is 0.171. The molecule has 0 unspecified atom stereocenters. The van der Waals surface area contributed by atoms with Crippen molar-refractivity contribution in [3.63, 3.8) is 0 Å². The van der Waals surface area contributed by atoms with E-state index >= 15 is 0 Å². The Morgan fingerprint density at radius 3 is 2.47 bits per heavy atom. The van der Waals surface area contributed by atoms with Gasteiger partial charge in [-0.05, 0) is 62.3 Å². The Kier molecular flexibility index (Phi) is 4.58. The SMILES string of the molecule is Oc1cc(-c2cnc3c(c2)OCO3)ccc1-c1ncc(N(C2CC2)[C@@H]2C[C@H]3CC[C@@H](C2)N3)nn1. The minimum absolute atomic E-state index is 0.0960. The molecule has 9 heteroatoms. The molecule has 174 valence electrons. The molecule has 2 saturated heterocycles. The van der Waals surface area contributed by atoms with Gasteiger partial charge >= 0.3 is 0 Å². The van der Waals surface area contributed by atoms with E-state index in [2.05, 4.69) is 30.4 Å². The fourth-order valence-corrected chi connectivity index (χ4v) is 5.64. The number of piperidine rings is 1. The van der Waals surface area contributed by atoms with Gasteiger partial charge in [-0.2, -0.15) is 0 Å². The van der Waals surface area contributed by atoms with Gasteiger partial charge in [-0.1, -0.05) is 6.07 Å². The van der Waals surface area contributed by atoms with Crippen molar-refractivity contribution in [3.8, 4) is 39.9 Å². The van der Waals surface area contributed by atoms with Crippen molar-refractivity contribution in [3.05, 3.63) is 36.7 Å². The Morgan fingerprint density at radius 2 is 1.74 bits per heavy atom. The summed E-state index contributed by atoms with van der Waals surface area (Å²) in [6.45, 7) is 0.174. The van der Waals surface area contributed by atoms with Gasteiger partial charge in [0.1, 0.15) is 5.75 Å². The fourth-order valence-electron chi connectivity index (χ4n) is 5.64. The van der Waals surface area contributed by atoms with E-state index in [4.69, 9.17) is 9.47 Å². The first-order chi connectivity index (χ1) is 16.7. The average Bonchev–Trinajstić information content (AvgIpc) is 3.47. The van der Waals surface area contributed by atoms with Gasteiger partial charge in [0.05, 0.1) is 11.8 Å². The molecular formula is C25H26N6O3. The van der Waals surface area contributed by atoms with Crippen LogP contribution in [0.1, 0.15) is 38.5 Å². The number of benzene rings is 1. The quantitative estimate of drug-likeness (QED) is 0.596. The van der Waals surface area contributed by atoms with Crippen LogP contribution in [-0.4, -0.2) is 56.2 Å². The summed E-state index contributed by atoms with van der Waals surface area (Å²) in [5, 5.41) is 23.4. The average molecular weight is 459 g/mol. The summed E-state index contributed by atoms with van der Waals surface area (Å²) < 4.78 is 10.7. The van der Waals surface area contributed by atoms with Gasteiger partial charge in [0.15, 0.2) is 17.4 Å². The van der Waals surface area contributed by atoms with Gasteiger partial charge < -0.3 is 24.8 Å². The lowest BCUT2D eigenvalue weighted by Gasteiger charge is -2.38. The van der Waals surface area contributed by atoms with Gasteiger partial charge in [-0.25, -0.2) is 9.97 Å². The van der Waals surface area contributed by atoms with E-state index in [1.807, 2.05) is 24.4 Å². The predicted molar refractivity (Wildman–Crippen MR) is 125 cm³/mol. The number of phenolic OH excluding ortho intramolecular Hbond substituents is 1. The third-order valence-electron chi connectivity index (χ3n) is 7.40. The standard InChI is InChI=1S/C25H26N6O3/c32-21-7-14(15-8-22-25(27-11-15)34-13-33-22)1-6-20(21)24-26-12-23(29-30-24)31(18-4-5-18)19-9-16-2-3-17(10-19)28-16/h1,6-8,11-12,16-19,28,32H,2-5,9-10,13H2/t16-,17+,19-. The second-order valence-electron chi connectivity index (χ2n) is 9.71. The van der Waals surface area contributed by atoms with E-state index in [9.17, 15) is 5.11 Å². The van der Waals surface area contributed by atoms with Gasteiger partial charge in [-0.3, -0.25) is 0 Å². The first kappa shape index (κ1) is 20.0. The van der Waals surface area contributed by atoms with Crippen molar-refractivity contribution in [2.45, 2.75) is 62.7 Å². The molecule has 1 aromatic carbocycles. The summed E-state index contributed by atoms with van der Waals surface area (Å²) >= 11 is 0. The fraction of sp³-hybridized carbons (Fsp3) is 0.440. The third-order valence-corrected chi connectivity index (χ3v) is 7.40. The van der Waals surface area contributed by atoms with E-state index in [0.29, 0.717) is 47.2 Å². The highest BCUT2D eigenvalue weighted by Gasteiger charge is 2.41. The third kappa shape index (κ3) is 3.51. The summed E-state index contributed by atoms with van der Waals surface area (Å²) in [7, 11) is 0. The van der Waals surface area contributed by atoms with Crippen LogP contribution in [0.4, 0.5) is 5.82 Å². The summed E-state index contributed by atoms with van der Waals surface area (Å²) in [5.74, 6) is 2.45.